The Morgan fingerprint density at radius 1 is 1.54 bits per heavy atom. The van der Waals surface area contributed by atoms with Crippen LogP contribution in [0.15, 0.2) is 9.47 Å². The van der Waals surface area contributed by atoms with Gasteiger partial charge >= 0.3 is 0 Å². The lowest BCUT2D eigenvalue weighted by Gasteiger charge is -1.98. The van der Waals surface area contributed by atoms with E-state index < -0.39 is 0 Å². The van der Waals surface area contributed by atoms with Gasteiger partial charge in [0.15, 0.2) is 0 Å². The van der Waals surface area contributed by atoms with Crippen molar-refractivity contribution in [3.05, 3.63) is 9.47 Å². The van der Waals surface area contributed by atoms with Crippen molar-refractivity contribution >= 4 is 41.6 Å². The third-order valence-corrected chi connectivity index (χ3v) is 3.52. The summed E-state index contributed by atoms with van der Waals surface area (Å²) >= 11 is 6.74. The molecule has 1 aliphatic rings. The molecule has 0 aromatic heterocycles. The summed E-state index contributed by atoms with van der Waals surface area (Å²) in [6, 6.07) is 0. The fourth-order valence-electron chi connectivity index (χ4n) is 1.51. The summed E-state index contributed by atoms with van der Waals surface area (Å²) in [4.78, 5) is 0. The third kappa shape index (κ3) is 5.35. The second-order valence-electron chi connectivity index (χ2n) is 3.33. The highest BCUT2D eigenvalue weighted by Crippen LogP contribution is 2.44. The normalized spacial score (nSPS) is 25.8. The molecule has 1 saturated carbocycles. The maximum Gasteiger partial charge on any atom is 0.226 e. The molecule has 0 saturated heterocycles. The Morgan fingerprint density at radius 3 is 2.92 bits per heavy atom. The molecule has 4 heteroatoms. The molecule has 0 amide bonds. The summed E-state index contributed by atoms with van der Waals surface area (Å²) in [6.45, 7) is 3.03. The van der Waals surface area contributed by atoms with Crippen molar-refractivity contribution in [3.63, 3.8) is 0 Å². The molecule has 2 atom stereocenters. The van der Waals surface area contributed by atoms with Crippen molar-refractivity contribution in [2.75, 3.05) is 6.61 Å². The van der Waals surface area contributed by atoms with Gasteiger partial charge in [0, 0.05) is 6.61 Å². The largest absolute Gasteiger partial charge is 0.418 e. The molecule has 0 unspecified atom stereocenters. The fraction of sp³-hybridized carbons (Fsp3) is 0.778. The second-order valence-corrected chi connectivity index (χ2v) is 6.80. The number of hydrogen-bond acceptors (Lipinski definition) is 1. The molecular formula is C9H14Br2OSi. The van der Waals surface area contributed by atoms with Gasteiger partial charge in [-0.25, -0.2) is 0 Å². The second kappa shape index (κ2) is 6.38. The molecule has 0 heterocycles. The Hall–Kier alpha value is 0.877. The zero-order valence-corrected chi connectivity index (χ0v) is 11.9. The average Bonchev–Trinajstić information content (AvgIpc) is 2.81. The lowest BCUT2D eigenvalue weighted by Crippen LogP contribution is -1.97. The lowest BCUT2D eigenvalue weighted by atomic mass is 10.2. The third-order valence-electron chi connectivity index (χ3n) is 2.38. The van der Waals surface area contributed by atoms with Crippen LogP contribution in [-0.2, 0) is 4.43 Å². The average molecular weight is 326 g/mol. The van der Waals surface area contributed by atoms with Crippen LogP contribution in [0.25, 0.3) is 0 Å². The number of allylic oxidation sites excluding steroid dienone is 1. The zero-order chi connectivity index (χ0) is 9.68. The van der Waals surface area contributed by atoms with E-state index in [1.54, 1.807) is 0 Å². The molecule has 2 radical (unpaired) electrons. The molecule has 74 valence electrons. The molecule has 1 aliphatic carbocycles. The molecule has 0 N–H and O–H groups in total. The van der Waals surface area contributed by atoms with Crippen LogP contribution in [-0.4, -0.2) is 16.4 Å². The first kappa shape index (κ1) is 11.9. The highest BCUT2D eigenvalue weighted by molar-refractivity contribution is 9.28. The van der Waals surface area contributed by atoms with Gasteiger partial charge in [-0.2, -0.15) is 0 Å². The lowest BCUT2D eigenvalue weighted by molar-refractivity contribution is 0.317. The molecule has 0 bridgehead atoms. The molecule has 1 nitrogen and oxygen atoms in total. The maximum atomic E-state index is 5.35. The molecule has 1 rings (SSSR count). The van der Waals surface area contributed by atoms with Crippen LogP contribution in [0.4, 0.5) is 0 Å². The predicted octanol–water partition coefficient (Wildman–Crippen LogP) is 3.72. The van der Waals surface area contributed by atoms with Gasteiger partial charge in [-0.15, -0.1) is 0 Å². The van der Waals surface area contributed by atoms with E-state index in [0.717, 1.165) is 21.8 Å². The molecule has 1 fully saturated rings. The van der Waals surface area contributed by atoms with Crippen LogP contribution in [0, 0.1) is 11.8 Å². The van der Waals surface area contributed by atoms with Gasteiger partial charge in [-0.05, 0) is 69.5 Å². The van der Waals surface area contributed by atoms with Crippen LogP contribution in [0.2, 0.25) is 6.55 Å². The van der Waals surface area contributed by atoms with E-state index in [9.17, 15) is 0 Å². The molecular weight excluding hydrogens is 312 g/mol. The highest BCUT2D eigenvalue weighted by atomic mass is 79.9. The van der Waals surface area contributed by atoms with Crippen molar-refractivity contribution in [2.45, 2.75) is 25.8 Å². The number of hydrogen-bond donors (Lipinski definition) is 0. The molecule has 0 aromatic rings. The van der Waals surface area contributed by atoms with Crippen LogP contribution < -0.4 is 0 Å². The number of rotatable bonds is 6. The predicted molar refractivity (Wildman–Crippen MR) is 64.3 cm³/mol. The summed E-state index contributed by atoms with van der Waals surface area (Å²) in [5.41, 5.74) is 0. The summed E-state index contributed by atoms with van der Waals surface area (Å²) in [5.74, 6) is 1.83. The Balaban J connectivity index is 1.99. The van der Waals surface area contributed by atoms with Crippen molar-refractivity contribution in [2.24, 2.45) is 11.8 Å². The Bertz CT molecular complexity index is 180. The van der Waals surface area contributed by atoms with Crippen molar-refractivity contribution < 1.29 is 4.43 Å². The minimum Gasteiger partial charge on any atom is -0.418 e. The SMILES string of the molecule is C[Si]OCC[C@@H]1C[C@H]1CC=C(Br)Br. The van der Waals surface area contributed by atoms with E-state index in [-0.39, 0.29) is 0 Å². The minimum atomic E-state index is 0.647. The van der Waals surface area contributed by atoms with E-state index in [1.165, 1.54) is 19.3 Å². The summed E-state index contributed by atoms with van der Waals surface area (Å²) in [6.07, 6.45) is 6.04. The van der Waals surface area contributed by atoms with E-state index in [2.05, 4.69) is 44.5 Å². The van der Waals surface area contributed by atoms with Crippen LogP contribution in [0.3, 0.4) is 0 Å². The van der Waals surface area contributed by atoms with Crippen molar-refractivity contribution in [1.82, 2.24) is 0 Å². The Labute approximate surface area is 99.5 Å². The first-order valence-electron chi connectivity index (χ1n) is 4.53. The van der Waals surface area contributed by atoms with Gasteiger partial charge < -0.3 is 4.43 Å². The maximum absolute atomic E-state index is 5.35. The first-order chi connectivity index (χ1) is 6.24. The molecule has 0 aromatic carbocycles. The zero-order valence-electron chi connectivity index (χ0n) is 7.72. The van der Waals surface area contributed by atoms with Gasteiger partial charge in [0.05, 0.1) is 3.39 Å². The number of halogens is 2. The van der Waals surface area contributed by atoms with E-state index >= 15 is 0 Å². The Morgan fingerprint density at radius 2 is 2.31 bits per heavy atom. The summed E-state index contributed by atoms with van der Waals surface area (Å²) in [7, 11) is 0.647. The Kier molecular flexibility index (Phi) is 5.86. The van der Waals surface area contributed by atoms with Crippen LogP contribution in [0.5, 0.6) is 0 Å². The smallest absolute Gasteiger partial charge is 0.226 e. The van der Waals surface area contributed by atoms with Crippen molar-refractivity contribution in [3.8, 4) is 0 Å². The van der Waals surface area contributed by atoms with Crippen molar-refractivity contribution in [1.29, 1.82) is 0 Å². The monoisotopic (exact) mass is 324 g/mol. The quantitative estimate of drug-likeness (QED) is 0.534. The summed E-state index contributed by atoms with van der Waals surface area (Å²) in [5, 5.41) is 0. The molecule has 0 aliphatic heterocycles. The molecule has 0 spiro atoms. The van der Waals surface area contributed by atoms with Crippen LogP contribution in [0.1, 0.15) is 19.3 Å². The van der Waals surface area contributed by atoms with Gasteiger partial charge in [-0.3, -0.25) is 0 Å². The van der Waals surface area contributed by atoms with E-state index in [0.29, 0.717) is 9.76 Å². The fourth-order valence-corrected chi connectivity index (χ4v) is 2.20. The first-order valence-corrected chi connectivity index (χ1v) is 7.53. The van der Waals surface area contributed by atoms with E-state index in [1.807, 2.05) is 0 Å². The van der Waals surface area contributed by atoms with Gasteiger partial charge in [0.1, 0.15) is 0 Å². The standard InChI is InChI=1S/C9H14Br2OSi/c1-13-12-5-4-8-6-7(8)2-3-9(10)11/h3,7-8H,2,4-6H2,1H3/t7-,8-/m1/s1. The van der Waals surface area contributed by atoms with Gasteiger partial charge in [0.2, 0.25) is 9.76 Å². The summed E-state index contributed by atoms with van der Waals surface area (Å²) < 4.78 is 6.43. The topological polar surface area (TPSA) is 9.23 Å². The van der Waals surface area contributed by atoms with Gasteiger partial charge in [0.25, 0.3) is 0 Å². The minimum absolute atomic E-state index is 0.647. The van der Waals surface area contributed by atoms with Gasteiger partial charge in [-0.1, -0.05) is 6.08 Å². The highest BCUT2D eigenvalue weighted by Gasteiger charge is 2.34. The van der Waals surface area contributed by atoms with E-state index in [4.69, 9.17) is 4.43 Å². The molecule has 13 heavy (non-hydrogen) atoms. The van der Waals surface area contributed by atoms with Crippen LogP contribution >= 0.6 is 31.9 Å².